The van der Waals surface area contributed by atoms with Gasteiger partial charge in [0.2, 0.25) is 12.3 Å². The van der Waals surface area contributed by atoms with E-state index in [0.717, 1.165) is 0 Å². The highest BCUT2D eigenvalue weighted by Crippen LogP contribution is 2.27. The molecule has 0 aromatic heterocycles. The molecule has 0 bridgehead atoms. The molecule has 2 atom stereocenters. The number of hydrogen-bond acceptors (Lipinski definition) is 4. The van der Waals surface area contributed by atoms with Crippen molar-refractivity contribution in [3.05, 3.63) is 11.6 Å². The summed E-state index contributed by atoms with van der Waals surface area (Å²) in [6, 6.07) is 0. The SMILES string of the molecule is CC(C)C/C(=C/C(=O)OC(F)(F)C(C)F)C(=O)OC(F)(F)C(C)F. The van der Waals surface area contributed by atoms with E-state index in [1.807, 2.05) is 0 Å². The van der Waals surface area contributed by atoms with Crippen LogP contribution in [0.15, 0.2) is 11.6 Å². The van der Waals surface area contributed by atoms with Crippen LogP contribution in [0.2, 0.25) is 0 Å². The van der Waals surface area contributed by atoms with Crippen molar-refractivity contribution in [2.45, 2.75) is 58.7 Å². The van der Waals surface area contributed by atoms with Gasteiger partial charge < -0.3 is 9.47 Å². The zero-order valence-electron chi connectivity index (χ0n) is 13.4. The Morgan fingerprint density at radius 3 is 1.71 bits per heavy atom. The maximum absolute atomic E-state index is 13.1. The molecule has 4 nitrogen and oxygen atoms in total. The van der Waals surface area contributed by atoms with Crippen LogP contribution in [-0.2, 0) is 19.1 Å². The molecule has 10 heteroatoms. The number of esters is 2. The number of ether oxygens (including phenoxy) is 2. The van der Waals surface area contributed by atoms with Crippen LogP contribution < -0.4 is 0 Å². The lowest BCUT2D eigenvalue weighted by atomic mass is 10.0. The van der Waals surface area contributed by atoms with Crippen LogP contribution in [0.5, 0.6) is 0 Å². The van der Waals surface area contributed by atoms with E-state index in [4.69, 9.17) is 0 Å². The quantitative estimate of drug-likeness (QED) is 0.372. The Labute approximate surface area is 134 Å². The van der Waals surface area contributed by atoms with Crippen molar-refractivity contribution >= 4 is 11.9 Å². The molecule has 0 rings (SSSR count). The third-order valence-corrected chi connectivity index (χ3v) is 2.57. The van der Waals surface area contributed by atoms with Crippen LogP contribution in [0, 0.1) is 5.92 Å². The van der Waals surface area contributed by atoms with Gasteiger partial charge in [0.05, 0.1) is 0 Å². The molecule has 0 aliphatic heterocycles. The van der Waals surface area contributed by atoms with E-state index in [1.54, 1.807) is 0 Å². The summed E-state index contributed by atoms with van der Waals surface area (Å²) >= 11 is 0. The van der Waals surface area contributed by atoms with Gasteiger partial charge in [-0.15, -0.1) is 0 Å². The highest BCUT2D eigenvalue weighted by molar-refractivity contribution is 5.96. The van der Waals surface area contributed by atoms with E-state index in [0.29, 0.717) is 13.8 Å². The van der Waals surface area contributed by atoms with Crippen molar-refractivity contribution in [2.75, 3.05) is 0 Å². The molecule has 0 radical (unpaired) electrons. The summed E-state index contributed by atoms with van der Waals surface area (Å²) in [6.45, 7) is 3.93. The highest BCUT2D eigenvalue weighted by Gasteiger charge is 2.43. The fraction of sp³-hybridized carbons (Fsp3) is 0.714. The molecule has 24 heavy (non-hydrogen) atoms. The molecule has 0 fully saturated rings. The van der Waals surface area contributed by atoms with Crippen LogP contribution >= 0.6 is 0 Å². The minimum absolute atomic E-state index is 0.192. The molecule has 0 saturated heterocycles. The smallest absolute Gasteiger partial charge is 0.395 e. The fourth-order valence-electron chi connectivity index (χ4n) is 1.30. The minimum atomic E-state index is -4.46. The van der Waals surface area contributed by atoms with Crippen LogP contribution in [0.1, 0.15) is 34.1 Å². The summed E-state index contributed by atoms with van der Waals surface area (Å²) in [4.78, 5) is 23.0. The molecular weight excluding hydrogens is 346 g/mol. The van der Waals surface area contributed by atoms with Gasteiger partial charge in [-0.2, -0.15) is 17.6 Å². The third-order valence-electron chi connectivity index (χ3n) is 2.57. The minimum Gasteiger partial charge on any atom is -0.395 e. The first-order valence-corrected chi connectivity index (χ1v) is 6.89. The Bertz CT molecular complexity index is 486. The van der Waals surface area contributed by atoms with E-state index in [2.05, 4.69) is 9.47 Å². The predicted molar refractivity (Wildman–Crippen MR) is 70.8 cm³/mol. The van der Waals surface area contributed by atoms with E-state index < -0.39 is 42.1 Å². The summed E-state index contributed by atoms with van der Waals surface area (Å²) < 4.78 is 84.5. The van der Waals surface area contributed by atoms with Gasteiger partial charge in [-0.3, -0.25) is 0 Å². The largest absolute Gasteiger partial charge is 0.431 e. The second-order valence-corrected chi connectivity index (χ2v) is 5.43. The van der Waals surface area contributed by atoms with Crippen molar-refractivity contribution in [1.82, 2.24) is 0 Å². The summed E-state index contributed by atoms with van der Waals surface area (Å²) in [7, 11) is 0. The molecule has 0 aromatic rings. The zero-order valence-corrected chi connectivity index (χ0v) is 13.4. The second kappa shape index (κ2) is 8.39. The second-order valence-electron chi connectivity index (χ2n) is 5.43. The van der Waals surface area contributed by atoms with Gasteiger partial charge in [-0.1, -0.05) is 13.8 Å². The molecule has 140 valence electrons. The van der Waals surface area contributed by atoms with Gasteiger partial charge in [0.25, 0.3) is 0 Å². The van der Waals surface area contributed by atoms with E-state index in [1.165, 1.54) is 13.8 Å². The van der Waals surface area contributed by atoms with Crippen molar-refractivity contribution in [2.24, 2.45) is 5.92 Å². The Kier molecular flexibility index (Phi) is 7.78. The number of hydrogen-bond donors (Lipinski definition) is 0. The van der Waals surface area contributed by atoms with E-state index in [-0.39, 0.29) is 18.4 Å². The molecule has 0 N–H and O–H groups in total. The van der Waals surface area contributed by atoms with Gasteiger partial charge in [-0.05, 0) is 26.2 Å². The number of carbonyl (C=O) groups excluding carboxylic acids is 2. The average molecular weight is 364 g/mol. The Morgan fingerprint density at radius 1 is 0.917 bits per heavy atom. The molecular formula is C14H18F6O4. The molecule has 0 aromatic carbocycles. The first kappa shape index (κ1) is 22.3. The molecule has 2 unspecified atom stereocenters. The van der Waals surface area contributed by atoms with Crippen LogP contribution in [-0.4, -0.2) is 36.5 Å². The van der Waals surface area contributed by atoms with Crippen molar-refractivity contribution < 1.29 is 45.4 Å². The summed E-state index contributed by atoms with van der Waals surface area (Å²) in [5.74, 6) is -3.96. The maximum atomic E-state index is 13.1. The topological polar surface area (TPSA) is 52.6 Å². The molecule has 0 saturated carbocycles. The summed E-state index contributed by atoms with van der Waals surface area (Å²) in [6.07, 6.45) is -14.7. The first-order valence-electron chi connectivity index (χ1n) is 6.89. The summed E-state index contributed by atoms with van der Waals surface area (Å²) in [5.41, 5.74) is -0.738. The molecule has 0 aliphatic rings. The summed E-state index contributed by atoms with van der Waals surface area (Å²) in [5, 5.41) is 0. The lowest BCUT2D eigenvalue weighted by Gasteiger charge is -2.20. The standard InChI is InChI=1S/C14H18F6O4/c1-7(2)5-10(12(22)24-14(19,20)9(4)16)6-11(21)23-13(17,18)8(3)15/h6-9H,5H2,1-4H3/b10-6-. The molecule has 0 spiro atoms. The molecule has 0 heterocycles. The van der Waals surface area contributed by atoms with Gasteiger partial charge in [0.1, 0.15) is 0 Å². The number of carbonyl (C=O) groups is 2. The predicted octanol–water partition coefficient (Wildman–Crippen LogP) is 3.95. The van der Waals surface area contributed by atoms with Gasteiger partial charge >= 0.3 is 24.2 Å². The lowest BCUT2D eigenvalue weighted by molar-refractivity contribution is -0.256. The first-order chi connectivity index (χ1) is 10.7. The van der Waals surface area contributed by atoms with Gasteiger partial charge in [0.15, 0.2) is 0 Å². The highest BCUT2D eigenvalue weighted by atomic mass is 19.3. The average Bonchev–Trinajstić information content (AvgIpc) is 2.35. The number of alkyl halides is 6. The van der Waals surface area contributed by atoms with Gasteiger partial charge in [-0.25, -0.2) is 18.4 Å². The van der Waals surface area contributed by atoms with Crippen LogP contribution in [0.4, 0.5) is 26.3 Å². The fourth-order valence-corrected chi connectivity index (χ4v) is 1.30. The zero-order chi connectivity index (χ0) is 19.3. The molecule has 0 aliphatic carbocycles. The number of halogens is 6. The monoisotopic (exact) mass is 364 g/mol. The van der Waals surface area contributed by atoms with Crippen LogP contribution in [0.25, 0.3) is 0 Å². The number of rotatable bonds is 8. The lowest BCUT2D eigenvalue weighted by Crippen LogP contribution is -2.35. The molecule has 0 amide bonds. The van der Waals surface area contributed by atoms with E-state index in [9.17, 15) is 35.9 Å². The Hall–Kier alpha value is -1.74. The normalized spacial score (nSPS) is 15.9. The van der Waals surface area contributed by atoms with Crippen LogP contribution in [0.3, 0.4) is 0 Å². The maximum Gasteiger partial charge on any atom is 0.431 e. The van der Waals surface area contributed by atoms with Crippen molar-refractivity contribution in [1.29, 1.82) is 0 Å². The van der Waals surface area contributed by atoms with Crippen molar-refractivity contribution in [3.8, 4) is 0 Å². The third kappa shape index (κ3) is 7.22. The van der Waals surface area contributed by atoms with Crippen molar-refractivity contribution in [3.63, 3.8) is 0 Å². The van der Waals surface area contributed by atoms with E-state index >= 15 is 0 Å². The van der Waals surface area contributed by atoms with Gasteiger partial charge in [0, 0.05) is 11.6 Å². The Morgan fingerprint density at radius 2 is 1.33 bits per heavy atom. The Balaban J connectivity index is 5.32.